The quantitative estimate of drug-likeness (QED) is 0.813. The molecule has 7 nitrogen and oxygen atoms in total. The van der Waals surface area contributed by atoms with E-state index in [2.05, 4.69) is 14.9 Å². The Hall–Kier alpha value is -2.51. The topological polar surface area (TPSA) is 67.8 Å². The fourth-order valence-corrected chi connectivity index (χ4v) is 3.50. The summed E-state index contributed by atoms with van der Waals surface area (Å²) in [7, 11) is 0. The molecule has 26 heavy (non-hydrogen) atoms. The fraction of sp³-hybridized carbons (Fsp3) is 0.421. The molecule has 2 saturated heterocycles. The average molecular weight is 354 g/mol. The van der Waals surface area contributed by atoms with E-state index in [-0.39, 0.29) is 12.5 Å². The Labute approximate surface area is 152 Å². The largest absolute Gasteiger partial charge is 0.376 e. The number of ether oxygens (including phenoxy) is 2. The summed E-state index contributed by atoms with van der Waals surface area (Å²) in [6.07, 6.45) is 3.27. The van der Waals surface area contributed by atoms with E-state index in [9.17, 15) is 4.79 Å². The Morgan fingerprint density at radius 2 is 2.15 bits per heavy atom. The summed E-state index contributed by atoms with van der Waals surface area (Å²) >= 11 is 0. The number of benzene rings is 1. The molecule has 2 fully saturated rings. The van der Waals surface area contributed by atoms with Crippen molar-refractivity contribution < 1.29 is 14.3 Å². The van der Waals surface area contributed by atoms with Gasteiger partial charge in [0.15, 0.2) is 0 Å². The Kier molecular flexibility index (Phi) is 4.57. The lowest BCUT2D eigenvalue weighted by Crippen LogP contribution is -2.61. The number of morpholine rings is 1. The highest BCUT2D eigenvalue weighted by Gasteiger charge is 2.43. The molecule has 0 radical (unpaired) electrons. The maximum atomic E-state index is 12.5. The van der Waals surface area contributed by atoms with Crippen molar-refractivity contribution in [1.29, 1.82) is 0 Å². The van der Waals surface area contributed by atoms with Gasteiger partial charge in [-0.1, -0.05) is 12.1 Å². The van der Waals surface area contributed by atoms with Gasteiger partial charge in [0.2, 0.25) is 0 Å². The maximum absolute atomic E-state index is 12.5. The van der Waals surface area contributed by atoms with Gasteiger partial charge in [0.05, 0.1) is 26.3 Å². The van der Waals surface area contributed by atoms with E-state index in [0.717, 1.165) is 23.6 Å². The predicted molar refractivity (Wildman–Crippen MR) is 97.3 cm³/mol. The first-order valence-electron chi connectivity index (χ1n) is 8.75. The first kappa shape index (κ1) is 16.9. The number of hydrogen-bond acceptors (Lipinski definition) is 6. The SMILES string of the molecule is Cc1cccc(N2C[C@]3(COCCN(c4ccncn4)C3)OCC2=O)c1. The van der Waals surface area contributed by atoms with Crippen molar-refractivity contribution in [1.82, 2.24) is 9.97 Å². The molecular formula is C19H22N4O3. The highest BCUT2D eigenvalue weighted by molar-refractivity contribution is 5.95. The van der Waals surface area contributed by atoms with Crippen molar-refractivity contribution in [3.63, 3.8) is 0 Å². The van der Waals surface area contributed by atoms with Gasteiger partial charge in [0.1, 0.15) is 24.4 Å². The first-order chi connectivity index (χ1) is 12.7. The number of rotatable bonds is 2. The van der Waals surface area contributed by atoms with Gasteiger partial charge in [0, 0.05) is 18.4 Å². The number of carbonyl (C=O) groups is 1. The molecule has 1 aromatic heterocycles. The number of aromatic nitrogens is 2. The van der Waals surface area contributed by atoms with Crippen molar-refractivity contribution in [2.75, 3.05) is 49.3 Å². The monoisotopic (exact) mass is 354 g/mol. The lowest BCUT2D eigenvalue weighted by atomic mass is 10.0. The summed E-state index contributed by atoms with van der Waals surface area (Å²) < 4.78 is 11.9. The Bertz CT molecular complexity index is 785. The highest BCUT2D eigenvalue weighted by atomic mass is 16.6. The molecule has 0 aliphatic carbocycles. The molecule has 0 bridgehead atoms. The number of carbonyl (C=O) groups excluding carboxylic acids is 1. The molecule has 7 heteroatoms. The van der Waals surface area contributed by atoms with E-state index in [4.69, 9.17) is 9.47 Å². The zero-order valence-electron chi connectivity index (χ0n) is 14.8. The molecule has 4 rings (SSSR count). The summed E-state index contributed by atoms with van der Waals surface area (Å²) in [6, 6.07) is 9.86. The molecule has 2 aliphatic heterocycles. The average Bonchev–Trinajstić information content (AvgIpc) is 2.87. The molecule has 2 aromatic rings. The van der Waals surface area contributed by atoms with Gasteiger partial charge in [-0.25, -0.2) is 9.97 Å². The second-order valence-electron chi connectivity index (χ2n) is 6.83. The van der Waals surface area contributed by atoms with Crippen LogP contribution in [-0.4, -0.2) is 60.9 Å². The number of amides is 1. The molecule has 1 atom stereocenters. The normalized spacial score (nSPS) is 24.0. The van der Waals surface area contributed by atoms with Crippen molar-refractivity contribution in [3.8, 4) is 0 Å². The molecule has 2 aliphatic rings. The lowest BCUT2D eigenvalue weighted by molar-refractivity contribution is -0.143. The molecule has 3 heterocycles. The van der Waals surface area contributed by atoms with Crippen LogP contribution in [0.5, 0.6) is 0 Å². The predicted octanol–water partition coefficient (Wildman–Crippen LogP) is 1.42. The zero-order valence-corrected chi connectivity index (χ0v) is 14.8. The minimum absolute atomic E-state index is 0.0286. The van der Waals surface area contributed by atoms with Crippen molar-refractivity contribution in [3.05, 3.63) is 48.4 Å². The summed E-state index contributed by atoms with van der Waals surface area (Å²) in [5.74, 6) is 0.812. The molecule has 1 spiro atoms. The Morgan fingerprint density at radius 3 is 2.96 bits per heavy atom. The maximum Gasteiger partial charge on any atom is 0.253 e. The number of anilines is 2. The van der Waals surface area contributed by atoms with Crippen LogP contribution in [-0.2, 0) is 14.3 Å². The van der Waals surface area contributed by atoms with Crippen LogP contribution in [0.1, 0.15) is 5.56 Å². The zero-order chi connectivity index (χ0) is 18.0. The van der Waals surface area contributed by atoms with Gasteiger partial charge in [0.25, 0.3) is 5.91 Å². The van der Waals surface area contributed by atoms with Crippen LogP contribution in [0.2, 0.25) is 0 Å². The van der Waals surface area contributed by atoms with Gasteiger partial charge in [-0.2, -0.15) is 0 Å². The van der Waals surface area contributed by atoms with Crippen LogP contribution in [0.15, 0.2) is 42.9 Å². The number of aryl methyl sites for hydroxylation is 1. The van der Waals surface area contributed by atoms with E-state index in [1.54, 1.807) is 6.20 Å². The Balaban J connectivity index is 1.61. The van der Waals surface area contributed by atoms with E-state index >= 15 is 0 Å². The third kappa shape index (κ3) is 3.40. The fourth-order valence-electron chi connectivity index (χ4n) is 3.50. The lowest BCUT2D eigenvalue weighted by Gasteiger charge is -2.43. The molecule has 0 saturated carbocycles. The molecular weight excluding hydrogens is 332 g/mol. The smallest absolute Gasteiger partial charge is 0.253 e. The van der Waals surface area contributed by atoms with Gasteiger partial charge in [-0.05, 0) is 30.7 Å². The number of hydrogen-bond donors (Lipinski definition) is 0. The molecule has 1 amide bonds. The van der Waals surface area contributed by atoms with Crippen LogP contribution in [0.4, 0.5) is 11.5 Å². The third-order valence-corrected chi connectivity index (χ3v) is 4.80. The summed E-state index contributed by atoms with van der Waals surface area (Å²) in [5.41, 5.74) is 1.44. The van der Waals surface area contributed by atoms with Gasteiger partial charge >= 0.3 is 0 Å². The van der Waals surface area contributed by atoms with E-state index in [1.165, 1.54) is 6.33 Å². The van der Waals surface area contributed by atoms with E-state index < -0.39 is 5.60 Å². The van der Waals surface area contributed by atoms with Crippen LogP contribution < -0.4 is 9.80 Å². The van der Waals surface area contributed by atoms with Crippen LogP contribution >= 0.6 is 0 Å². The number of nitrogens with zero attached hydrogens (tertiary/aromatic N) is 4. The van der Waals surface area contributed by atoms with Crippen LogP contribution in [0, 0.1) is 6.92 Å². The molecule has 0 N–H and O–H groups in total. The Morgan fingerprint density at radius 1 is 1.23 bits per heavy atom. The molecule has 0 unspecified atom stereocenters. The minimum Gasteiger partial charge on any atom is -0.376 e. The van der Waals surface area contributed by atoms with E-state index in [0.29, 0.717) is 26.3 Å². The first-order valence-corrected chi connectivity index (χ1v) is 8.75. The van der Waals surface area contributed by atoms with Crippen LogP contribution in [0.3, 0.4) is 0 Å². The minimum atomic E-state index is -0.584. The van der Waals surface area contributed by atoms with E-state index in [1.807, 2.05) is 42.2 Å². The highest BCUT2D eigenvalue weighted by Crippen LogP contribution is 2.28. The second kappa shape index (κ2) is 7.01. The van der Waals surface area contributed by atoms with Gasteiger partial charge in [-0.15, -0.1) is 0 Å². The molecule has 1 aromatic carbocycles. The third-order valence-electron chi connectivity index (χ3n) is 4.80. The van der Waals surface area contributed by atoms with Crippen molar-refractivity contribution in [2.45, 2.75) is 12.5 Å². The summed E-state index contributed by atoms with van der Waals surface area (Å²) in [4.78, 5) is 24.8. The van der Waals surface area contributed by atoms with Crippen LogP contribution in [0.25, 0.3) is 0 Å². The second-order valence-corrected chi connectivity index (χ2v) is 6.83. The standard InChI is InChI=1S/C19H22N4O3/c1-15-3-2-4-16(9-15)23-12-19(26-10-18(23)24)11-22(7-8-25-13-19)17-5-6-20-14-21-17/h2-6,9,14H,7-8,10-13H2,1H3/t19-/m1/s1. The summed E-state index contributed by atoms with van der Waals surface area (Å²) in [6.45, 7) is 4.90. The van der Waals surface area contributed by atoms with Crippen molar-refractivity contribution in [2.24, 2.45) is 0 Å². The molecule has 136 valence electrons. The van der Waals surface area contributed by atoms with Gasteiger partial charge in [-0.3, -0.25) is 4.79 Å². The summed E-state index contributed by atoms with van der Waals surface area (Å²) in [5, 5.41) is 0. The van der Waals surface area contributed by atoms with Crippen molar-refractivity contribution >= 4 is 17.4 Å². The van der Waals surface area contributed by atoms with Gasteiger partial charge < -0.3 is 19.3 Å².